The molecular formula is C19H19N7. The number of aromatic nitrogens is 5. The number of nitrogens with zero attached hydrogens (tertiary/aromatic N) is 3. The topological polar surface area (TPSA) is 94.3 Å². The van der Waals surface area contributed by atoms with Gasteiger partial charge in [0.05, 0.1) is 0 Å². The van der Waals surface area contributed by atoms with E-state index in [1.165, 1.54) is 29.5 Å². The molecule has 1 aliphatic carbocycles. The van der Waals surface area contributed by atoms with Gasteiger partial charge in [-0.15, -0.1) is 0 Å². The quantitative estimate of drug-likeness (QED) is 0.425. The molecule has 7 heteroatoms. The van der Waals surface area contributed by atoms with Crippen LogP contribution in [0.2, 0.25) is 0 Å². The van der Waals surface area contributed by atoms with Crippen LogP contribution in [-0.4, -0.2) is 25.1 Å². The molecule has 7 nitrogen and oxygen atoms in total. The van der Waals surface area contributed by atoms with E-state index in [-0.39, 0.29) is 0 Å². The maximum Gasteiger partial charge on any atom is 0.224 e. The fraction of sp³-hybridized carbons (Fsp3) is 0.211. The van der Waals surface area contributed by atoms with Crippen molar-refractivity contribution in [3.63, 3.8) is 0 Å². The number of benzene rings is 1. The number of anilines is 3. The Morgan fingerprint density at radius 1 is 1.12 bits per heavy atom. The lowest BCUT2D eigenvalue weighted by atomic mass is 10.1. The molecule has 3 heterocycles. The standard InChI is InChI=1S/C19H19N7/c1-2-13(14-6-8-20-15(14)3-1)11-22-19-21-9-7-17(24-19)23-18-10-16(25-26-18)12-4-5-12/h1-3,6-10,12,20H,4-5,11H2,(H3,21,22,23,24,25,26). The molecule has 0 radical (unpaired) electrons. The van der Waals surface area contributed by atoms with Gasteiger partial charge in [0.1, 0.15) is 5.82 Å². The number of hydrogen-bond acceptors (Lipinski definition) is 5. The Kier molecular flexibility index (Phi) is 3.55. The molecule has 1 aliphatic rings. The van der Waals surface area contributed by atoms with Crippen molar-refractivity contribution in [2.75, 3.05) is 10.6 Å². The maximum absolute atomic E-state index is 4.53. The number of fused-ring (bicyclic) bond motifs is 1. The molecule has 0 spiro atoms. The fourth-order valence-corrected chi connectivity index (χ4v) is 3.13. The van der Waals surface area contributed by atoms with Crippen LogP contribution in [0.1, 0.15) is 30.0 Å². The van der Waals surface area contributed by atoms with Crippen LogP contribution in [0.3, 0.4) is 0 Å². The van der Waals surface area contributed by atoms with Gasteiger partial charge >= 0.3 is 0 Å². The average Bonchev–Trinajstić information content (AvgIpc) is 3.21. The van der Waals surface area contributed by atoms with E-state index in [4.69, 9.17) is 0 Å². The Balaban J connectivity index is 1.29. The zero-order valence-corrected chi connectivity index (χ0v) is 14.2. The molecule has 1 aromatic carbocycles. The Morgan fingerprint density at radius 3 is 3.00 bits per heavy atom. The summed E-state index contributed by atoms with van der Waals surface area (Å²) in [5.74, 6) is 2.74. The summed E-state index contributed by atoms with van der Waals surface area (Å²) in [4.78, 5) is 12.1. The number of H-pyrrole nitrogens is 2. The van der Waals surface area contributed by atoms with Crippen LogP contribution in [-0.2, 0) is 6.54 Å². The summed E-state index contributed by atoms with van der Waals surface area (Å²) in [6, 6.07) is 12.2. The zero-order valence-electron chi connectivity index (χ0n) is 14.2. The van der Waals surface area contributed by atoms with Crippen molar-refractivity contribution in [2.45, 2.75) is 25.3 Å². The Labute approximate surface area is 150 Å². The van der Waals surface area contributed by atoms with Crippen LogP contribution >= 0.6 is 0 Å². The van der Waals surface area contributed by atoms with Crippen LogP contribution in [0, 0.1) is 0 Å². The first-order valence-corrected chi connectivity index (χ1v) is 8.79. The average molecular weight is 345 g/mol. The van der Waals surface area contributed by atoms with Crippen molar-refractivity contribution in [1.29, 1.82) is 0 Å². The van der Waals surface area contributed by atoms with E-state index in [1.807, 2.05) is 18.3 Å². The van der Waals surface area contributed by atoms with Gasteiger partial charge in [-0.3, -0.25) is 5.10 Å². The molecule has 3 aromatic heterocycles. The van der Waals surface area contributed by atoms with Gasteiger partial charge in [0, 0.05) is 47.5 Å². The summed E-state index contributed by atoms with van der Waals surface area (Å²) >= 11 is 0. The lowest BCUT2D eigenvalue weighted by molar-refractivity contribution is 0.966. The molecule has 0 aliphatic heterocycles. The summed E-state index contributed by atoms with van der Waals surface area (Å²) in [6.45, 7) is 0.660. The third-order valence-electron chi connectivity index (χ3n) is 4.65. The second-order valence-electron chi connectivity index (χ2n) is 6.58. The molecule has 1 saturated carbocycles. The largest absolute Gasteiger partial charge is 0.361 e. The first-order chi connectivity index (χ1) is 12.8. The molecule has 5 rings (SSSR count). The molecule has 0 amide bonds. The van der Waals surface area contributed by atoms with Gasteiger partial charge in [0.2, 0.25) is 5.95 Å². The minimum absolute atomic E-state index is 0.584. The van der Waals surface area contributed by atoms with Crippen LogP contribution in [0.4, 0.5) is 17.6 Å². The van der Waals surface area contributed by atoms with E-state index >= 15 is 0 Å². The highest BCUT2D eigenvalue weighted by Crippen LogP contribution is 2.39. The first-order valence-electron chi connectivity index (χ1n) is 8.79. The predicted molar refractivity (Wildman–Crippen MR) is 102 cm³/mol. The third kappa shape index (κ3) is 2.99. The molecule has 130 valence electrons. The van der Waals surface area contributed by atoms with Crippen molar-refractivity contribution in [2.24, 2.45) is 0 Å². The van der Waals surface area contributed by atoms with Gasteiger partial charge in [-0.05, 0) is 36.6 Å². The molecule has 0 saturated heterocycles. The first kappa shape index (κ1) is 14.9. The minimum atomic E-state index is 0.584. The van der Waals surface area contributed by atoms with Gasteiger partial charge in [-0.2, -0.15) is 10.1 Å². The van der Waals surface area contributed by atoms with Crippen molar-refractivity contribution < 1.29 is 0 Å². The minimum Gasteiger partial charge on any atom is -0.361 e. The Morgan fingerprint density at radius 2 is 2.08 bits per heavy atom. The highest BCUT2D eigenvalue weighted by Gasteiger charge is 2.25. The van der Waals surface area contributed by atoms with E-state index in [0.717, 1.165) is 17.2 Å². The Bertz CT molecular complexity index is 1040. The van der Waals surface area contributed by atoms with E-state index in [1.54, 1.807) is 6.20 Å². The van der Waals surface area contributed by atoms with Crippen LogP contribution in [0.15, 0.2) is 48.8 Å². The van der Waals surface area contributed by atoms with E-state index in [9.17, 15) is 0 Å². The molecule has 0 atom stereocenters. The van der Waals surface area contributed by atoms with Crippen molar-refractivity contribution in [1.82, 2.24) is 25.1 Å². The fourth-order valence-electron chi connectivity index (χ4n) is 3.13. The Hall–Kier alpha value is -3.35. The van der Waals surface area contributed by atoms with Gasteiger partial charge in [0.25, 0.3) is 0 Å². The number of nitrogens with one attached hydrogen (secondary N) is 4. The molecule has 4 N–H and O–H groups in total. The van der Waals surface area contributed by atoms with E-state index in [0.29, 0.717) is 18.4 Å². The van der Waals surface area contributed by atoms with Gasteiger partial charge in [-0.1, -0.05) is 12.1 Å². The summed E-state index contributed by atoms with van der Waals surface area (Å²) in [5.41, 5.74) is 3.53. The molecule has 0 unspecified atom stereocenters. The van der Waals surface area contributed by atoms with Crippen LogP contribution < -0.4 is 10.6 Å². The number of hydrogen-bond donors (Lipinski definition) is 4. The SMILES string of the molecule is c1cc(CNc2nccc(Nc3cc(C4CC4)[nH]n3)n2)c2cc[nH]c2c1. The van der Waals surface area contributed by atoms with Gasteiger partial charge in [0.15, 0.2) is 5.82 Å². The third-order valence-corrected chi connectivity index (χ3v) is 4.65. The zero-order chi connectivity index (χ0) is 17.3. The highest BCUT2D eigenvalue weighted by atomic mass is 15.2. The lowest BCUT2D eigenvalue weighted by Gasteiger charge is -2.08. The smallest absolute Gasteiger partial charge is 0.224 e. The molecule has 1 fully saturated rings. The summed E-state index contributed by atoms with van der Waals surface area (Å²) in [6.07, 6.45) is 6.19. The van der Waals surface area contributed by atoms with Crippen molar-refractivity contribution in [3.8, 4) is 0 Å². The predicted octanol–water partition coefficient (Wildman–Crippen LogP) is 3.91. The maximum atomic E-state index is 4.53. The van der Waals surface area contributed by atoms with Gasteiger partial charge < -0.3 is 15.6 Å². The van der Waals surface area contributed by atoms with Crippen molar-refractivity contribution in [3.05, 3.63) is 60.0 Å². The van der Waals surface area contributed by atoms with Gasteiger partial charge in [-0.25, -0.2) is 4.98 Å². The monoisotopic (exact) mass is 345 g/mol. The van der Waals surface area contributed by atoms with Crippen LogP contribution in [0.25, 0.3) is 10.9 Å². The van der Waals surface area contributed by atoms with E-state index in [2.05, 4.69) is 60.0 Å². The highest BCUT2D eigenvalue weighted by molar-refractivity contribution is 5.83. The molecule has 26 heavy (non-hydrogen) atoms. The van der Waals surface area contributed by atoms with Crippen LogP contribution in [0.5, 0.6) is 0 Å². The number of aromatic amines is 2. The summed E-state index contributed by atoms with van der Waals surface area (Å²) < 4.78 is 0. The molecular weight excluding hydrogens is 326 g/mol. The van der Waals surface area contributed by atoms with Crippen molar-refractivity contribution >= 4 is 28.5 Å². The number of rotatable bonds is 6. The second-order valence-corrected chi connectivity index (χ2v) is 6.58. The summed E-state index contributed by atoms with van der Waals surface area (Å²) in [5, 5.41) is 15.1. The molecule has 4 aromatic rings. The summed E-state index contributed by atoms with van der Waals surface area (Å²) in [7, 11) is 0. The lowest BCUT2D eigenvalue weighted by Crippen LogP contribution is -2.05. The second kappa shape index (κ2) is 6.18. The normalized spacial score (nSPS) is 13.8. The van der Waals surface area contributed by atoms with E-state index < -0.39 is 0 Å². The molecule has 0 bridgehead atoms.